The number of hydrogen-bond donors (Lipinski definition) is 1. The van der Waals surface area contributed by atoms with Gasteiger partial charge in [0.2, 0.25) is 0 Å². The average Bonchev–Trinajstić information content (AvgIpc) is 2.41. The molecule has 19 heavy (non-hydrogen) atoms. The van der Waals surface area contributed by atoms with Crippen LogP contribution in [0.1, 0.15) is 17.3 Å². The minimum atomic E-state index is -0.231. The van der Waals surface area contributed by atoms with Crippen LogP contribution < -0.4 is 5.32 Å². The van der Waals surface area contributed by atoms with E-state index in [4.69, 9.17) is 16.3 Å². The van der Waals surface area contributed by atoms with E-state index in [-0.39, 0.29) is 16.8 Å². The van der Waals surface area contributed by atoms with Gasteiger partial charge in [-0.25, -0.2) is 4.79 Å². The quantitative estimate of drug-likeness (QED) is 0.848. The van der Waals surface area contributed by atoms with Crippen molar-refractivity contribution in [1.29, 1.82) is 0 Å². The topological polar surface area (TPSA) is 58.6 Å². The number of ketones is 1. The first-order valence-electron chi connectivity index (χ1n) is 6.02. The van der Waals surface area contributed by atoms with E-state index in [9.17, 15) is 9.59 Å². The molecule has 0 unspecified atom stereocenters. The molecular weight excluding hydrogens is 268 g/mol. The maximum absolute atomic E-state index is 12.0. The van der Waals surface area contributed by atoms with E-state index in [2.05, 4.69) is 5.32 Å². The van der Waals surface area contributed by atoms with Crippen molar-refractivity contribution in [2.45, 2.75) is 6.92 Å². The van der Waals surface area contributed by atoms with Crippen molar-refractivity contribution in [3.63, 3.8) is 0 Å². The molecule has 1 fully saturated rings. The summed E-state index contributed by atoms with van der Waals surface area (Å²) in [5.41, 5.74) is 0.854. The zero-order valence-electron chi connectivity index (χ0n) is 10.6. The van der Waals surface area contributed by atoms with Gasteiger partial charge in [-0.1, -0.05) is 17.7 Å². The third-order valence-electron chi connectivity index (χ3n) is 2.92. The van der Waals surface area contributed by atoms with E-state index >= 15 is 0 Å². The van der Waals surface area contributed by atoms with E-state index in [1.807, 2.05) is 0 Å². The van der Waals surface area contributed by atoms with E-state index < -0.39 is 0 Å². The molecule has 1 N–H and O–H groups in total. The van der Waals surface area contributed by atoms with Crippen molar-refractivity contribution in [3.8, 4) is 0 Å². The van der Waals surface area contributed by atoms with Crippen LogP contribution in [0, 0.1) is 0 Å². The summed E-state index contributed by atoms with van der Waals surface area (Å²) in [5.74, 6) is -0.132. The van der Waals surface area contributed by atoms with E-state index in [0.29, 0.717) is 37.6 Å². The van der Waals surface area contributed by atoms with Crippen LogP contribution in [0.2, 0.25) is 5.02 Å². The predicted molar refractivity (Wildman–Crippen MR) is 72.9 cm³/mol. The van der Waals surface area contributed by atoms with Gasteiger partial charge in [0.1, 0.15) is 0 Å². The number of rotatable bonds is 2. The molecule has 0 atom stereocenters. The Morgan fingerprint density at radius 2 is 2.00 bits per heavy atom. The fourth-order valence-electron chi connectivity index (χ4n) is 1.86. The van der Waals surface area contributed by atoms with Crippen molar-refractivity contribution >= 4 is 29.1 Å². The molecule has 102 valence electrons. The number of anilines is 1. The average molecular weight is 283 g/mol. The number of nitrogens with one attached hydrogen (secondary N) is 1. The number of urea groups is 1. The van der Waals surface area contributed by atoms with Gasteiger partial charge in [-0.3, -0.25) is 4.79 Å². The maximum atomic E-state index is 12.0. The normalized spacial score (nSPS) is 15.2. The Kier molecular flexibility index (Phi) is 4.39. The molecule has 1 aliphatic rings. The van der Waals surface area contributed by atoms with Crippen LogP contribution in [0.15, 0.2) is 18.2 Å². The summed E-state index contributed by atoms with van der Waals surface area (Å²) < 4.78 is 5.18. The van der Waals surface area contributed by atoms with Crippen molar-refractivity contribution in [3.05, 3.63) is 28.8 Å². The highest BCUT2D eigenvalue weighted by molar-refractivity contribution is 6.36. The van der Waals surface area contributed by atoms with Crippen LogP contribution in [-0.2, 0) is 4.74 Å². The first kappa shape index (κ1) is 13.8. The van der Waals surface area contributed by atoms with Gasteiger partial charge in [0, 0.05) is 18.7 Å². The summed E-state index contributed by atoms with van der Waals surface area (Å²) in [6.07, 6.45) is 0. The van der Waals surface area contributed by atoms with Crippen molar-refractivity contribution in [1.82, 2.24) is 4.90 Å². The van der Waals surface area contributed by atoms with Crippen molar-refractivity contribution in [2.75, 3.05) is 31.6 Å². The molecular formula is C13H15ClN2O3. The lowest BCUT2D eigenvalue weighted by atomic mass is 10.1. The molecule has 1 aromatic carbocycles. The second-order valence-corrected chi connectivity index (χ2v) is 4.63. The van der Waals surface area contributed by atoms with Crippen molar-refractivity contribution in [2.24, 2.45) is 0 Å². The highest BCUT2D eigenvalue weighted by Gasteiger charge is 2.18. The summed E-state index contributed by atoms with van der Waals surface area (Å²) in [5, 5.41) is 3.00. The largest absolute Gasteiger partial charge is 0.378 e. The third-order valence-corrected chi connectivity index (χ3v) is 3.33. The first-order valence-corrected chi connectivity index (χ1v) is 6.40. The minimum absolute atomic E-state index is 0.132. The summed E-state index contributed by atoms with van der Waals surface area (Å²) >= 11 is 6.11. The number of Topliss-reactive ketones (excluding diaryl/α,β-unsaturated/α-hetero) is 1. The molecule has 0 spiro atoms. The number of amides is 2. The zero-order chi connectivity index (χ0) is 13.8. The minimum Gasteiger partial charge on any atom is -0.378 e. The molecule has 0 aromatic heterocycles. The summed E-state index contributed by atoms with van der Waals surface area (Å²) in [4.78, 5) is 25.1. The lowest BCUT2D eigenvalue weighted by Crippen LogP contribution is -2.43. The zero-order valence-corrected chi connectivity index (χ0v) is 11.4. The fourth-order valence-corrected chi connectivity index (χ4v) is 2.17. The Morgan fingerprint density at radius 1 is 1.32 bits per heavy atom. The number of nitrogens with zero attached hydrogens (tertiary/aromatic N) is 1. The molecule has 1 heterocycles. The van der Waals surface area contributed by atoms with Crippen LogP contribution in [0.5, 0.6) is 0 Å². The number of halogens is 1. The Balaban J connectivity index is 2.12. The Hall–Kier alpha value is -1.59. The maximum Gasteiger partial charge on any atom is 0.322 e. The standard InChI is InChI=1S/C13H15ClN2O3/c1-9(17)10-3-2-4-11(12(10)14)15-13(18)16-5-7-19-8-6-16/h2-4H,5-8H2,1H3,(H,15,18). The van der Waals surface area contributed by atoms with Gasteiger partial charge in [-0.05, 0) is 19.1 Å². The second kappa shape index (κ2) is 6.04. The van der Waals surface area contributed by atoms with E-state index in [1.165, 1.54) is 6.92 Å². The van der Waals surface area contributed by atoms with Crippen LogP contribution in [-0.4, -0.2) is 43.0 Å². The highest BCUT2D eigenvalue weighted by Crippen LogP contribution is 2.26. The number of benzene rings is 1. The lowest BCUT2D eigenvalue weighted by Gasteiger charge is -2.27. The van der Waals surface area contributed by atoms with Gasteiger partial charge in [-0.15, -0.1) is 0 Å². The number of carbonyl (C=O) groups is 2. The molecule has 0 aliphatic carbocycles. The Labute approximate surface area is 116 Å². The number of ether oxygens (including phenoxy) is 1. The van der Waals surface area contributed by atoms with Gasteiger partial charge in [0.15, 0.2) is 5.78 Å². The molecule has 0 saturated carbocycles. The second-order valence-electron chi connectivity index (χ2n) is 4.25. The van der Waals surface area contributed by atoms with Crippen LogP contribution in [0.4, 0.5) is 10.5 Å². The van der Waals surface area contributed by atoms with Gasteiger partial charge in [0.25, 0.3) is 0 Å². The third kappa shape index (κ3) is 3.24. The first-order chi connectivity index (χ1) is 9.09. The predicted octanol–water partition coefficient (Wildman–Crippen LogP) is 2.41. The molecule has 0 bridgehead atoms. The van der Waals surface area contributed by atoms with Gasteiger partial charge in [0.05, 0.1) is 23.9 Å². The molecule has 0 radical (unpaired) electrons. The van der Waals surface area contributed by atoms with Crippen LogP contribution >= 0.6 is 11.6 Å². The fraction of sp³-hybridized carbons (Fsp3) is 0.385. The molecule has 5 nitrogen and oxygen atoms in total. The van der Waals surface area contributed by atoms with Gasteiger partial charge >= 0.3 is 6.03 Å². The Morgan fingerprint density at radius 3 is 2.63 bits per heavy atom. The summed E-state index contributed by atoms with van der Waals surface area (Å²) in [7, 11) is 0. The molecule has 1 aromatic rings. The molecule has 1 saturated heterocycles. The number of morpholine rings is 1. The van der Waals surface area contributed by atoms with E-state index in [1.54, 1.807) is 23.1 Å². The SMILES string of the molecule is CC(=O)c1cccc(NC(=O)N2CCOCC2)c1Cl. The number of hydrogen-bond acceptors (Lipinski definition) is 3. The smallest absolute Gasteiger partial charge is 0.322 e. The monoisotopic (exact) mass is 282 g/mol. The summed E-state index contributed by atoms with van der Waals surface area (Å²) in [6, 6.07) is 4.77. The summed E-state index contributed by atoms with van der Waals surface area (Å²) in [6.45, 7) is 3.61. The highest BCUT2D eigenvalue weighted by atomic mass is 35.5. The molecule has 2 amide bonds. The molecule has 2 rings (SSSR count). The van der Waals surface area contributed by atoms with E-state index in [0.717, 1.165) is 0 Å². The number of carbonyl (C=O) groups excluding carboxylic acids is 2. The van der Waals surface area contributed by atoms with Crippen LogP contribution in [0.25, 0.3) is 0 Å². The lowest BCUT2D eigenvalue weighted by molar-refractivity contribution is 0.0564. The van der Waals surface area contributed by atoms with Crippen LogP contribution in [0.3, 0.4) is 0 Å². The Bertz CT molecular complexity index is 499. The molecule has 6 heteroatoms. The molecule has 1 aliphatic heterocycles. The van der Waals surface area contributed by atoms with Crippen molar-refractivity contribution < 1.29 is 14.3 Å². The van der Waals surface area contributed by atoms with Gasteiger partial charge < -0.3 is 15.0 Å². The van der Waals surface area contributed by atoms with Gasteiger partial charge in [-0.2, -0.15) is 0 Å².